The molecule has 126 valence electrons. The van der Waals surface area contributed by atoms with Gasteiger partial charge in [-0.2, -0.15) is 0 Å². The van der Waals surface area contributed by atoms with Crippen LogP contribution < -0.4 is 4.74 Å². The summed E-state index contributed by atoms with van der Waals surface area (Å²) in [6.45, 7) is 5.21. The van der Waals surface area contributed by atoms with Gasteiger partial charge in [0, 0.05) is 12.4 Å². The van der Waals surface area contributed by atoms with E-state index in [0.29, 0.717) is 11.5 Å². The first-order valence-corrected chi connectivity index (χ1v) is 7.70. The van der Waals surface area contributed by atoms with Gasteiger partial charge in [-0.1, -0.05) is 42.5 Å². The van der Waals surface area contributed by atoms with Crippen molar-refractivity contribution in [2.45, 2.75) is 19.4 Å². The van der Waals surface area contributed by atoms with E-state index in [4.69, 9.17) is 16.3 Å². The summed E-state index contributed by atoms with van der Waals surface area (Å²) in [5.74, 6) is -0.881. The van der Waals surface area contributed by atoms with Crippen LogP contribution in [0.25, 0.3) is 0 Å². The largest absolute Gasteiger partial charge is 0.482 e. The van der Waals surface area contributed by atoms with Gasteiger partial charge < -0.3 is 4.74 Å². The summed E-state index contributed by atoms with van der Waals surface area (Å²) in [5.41, 5.74) is -0.330. The van der Waals surface area contributed by atoms with Crippen LogP contribution in [0.1, 0.15) is 13.3 Å². The number of ether oxygens (including phenoxy) is 1. The molecule has 0 aliphatic carbocycles. The highest BCUT2D eigenvalue weighted by Crippen LogP contribution is 2.25. The van der Waals surface area contributed by atoms with Crippen molar-refractivity contribution in [3.05, 3.63) is 70.0 Å². The molecule has 0 saturated carbocycles. The van der Waals surface area contributed by atoms with Crippen molar-refractivity contribution in [2.75, 3.05) is 6.38 Å². The molecule has 0 aliphatic rings. The molecule has 0 aliphatic heterocycles. The highest BCUT2D eigenvalue weighted by molar-refractivity contribution is 6.30. The van der Waals surface area contributed by atoms with E-state index in [1.165, 1.54) is 18.5 Å². The van der Waals surface area contributed by atoms with Crippen LogP contribution in [0.2, 0.25) is 0 Å². The maximum atomic E-state index is 13.7. The predicted molar refractivity (Wildman–Crippen MR) is 92.8 cm³/mol. The van der Waals surface area contributed by atoms with E-state index in [1.807, 2.05) is 6.08 Å². The zero-order chi connectivity index (χ0) is 17.8. The normalized spacial score (nSPS) is 12.3. The summed E-state index contributed by atoms with van der Waals surface area (Å²) < 4.78 is 19.0. The summed E-state index contributed by atoms with van der Waals surface area (Å²) in [4.78, 5) is 9.85. The number of rotatable bonds is 7. The van der Waals surface area contributed by atoms with Gasteiger partial charge in [0.15, 0.2) is 11.6 Å². The second-order valence-electron chi connectivity index (χ2n) is 4.12. The lowest BCUT2D eigenvalue weighted by molar-refractivity contribution is -0.385. The molecular weight excluding hydrogens is 344 g/mol. The van der Waals surface area contributed by atoms with Crippen LogP contribution in [0.15, 0.2) is 54.1 Å². The number of nitrogens with zero attached hydrogens (tertiary/aromatic N) is 1. The van der Waals surface area contributed by atoms with Gasteiger partial charge in [0.25, 0.3) is 5.69 Å². The molecular formula is C16H18Cl2FNO3. The minimum absolute atomic E-state index is 0.0821. The van der Waals surface area contributed by atoms with Gasteiger partial charge in [0.1, 0.15) is 6.10 Å². The zero-order valence-corrected chi connectivity index (χ0v) is 14.4. The molecule has 0 heterocycles. The molecule has 0 bridgehead atoms. The Morgan fingerprint density at radius 2 is 2.17 bits per heavy atom. The Bertz CT molecular complexity index is 589. The molecule has 0 aromatic heterocycles. The number of hydrogen-bond donors (Lipinski definition) is 0. The monoisotopic (exact) mass is 361 g/mol. The van der Waals surface area contributed by atoms with Crippen molar-refractivity contribution in [3.63, 3.8) is 0 Å². The fourth-order valence-electron chi connectivity index (χ4n) is 1.47. The molecule has 1 unspecified atom stereocenters. The lowest BCUT2D eigenvalue weighted by Gasteiger charge is -2.14. The van der Waals surface area contributed by atoms with E-state index in [0.717, 1.165) is 6.07 Å². The van der Waals surface area contributed by atoms with E-state index in [9.17, 15) is 14.5 Å². The number of nitro benzene ring substituents is 1. The Labute approximate surface area is 145 Å². The molecule has 0 amide bonds. The Morgan fingerprint density at radius 3 is 2.70 bits per heavy atom. The lowest BCUT2D eigenvalue weighted by Crippen LogP contribution is -2.13. The smallest absolute Gasteiger partial charge is 0.272 e. The maximum absolute atomic E-state index is 13.7. The van der Waals surface area contributed by atoms with E-state index < -0.39 is 16.8 Å². The van der Waals surface area contributed by atoms with Crippen molar-refractivity contribution >= 4 is 28.9 Å². The molecule has 4 nitrogen and oxygen atoms in total. The van der Waals surface area contributed by atoms with Crippen LogP contribution in [0.5, 0.6) is 5.75 Å². The van der Waals surface area contributed by atoms with Crippen LogP contribution >= 0.6 is 23.2 Å². The van der Waals surface area contributed by atoms with Crippen LogP contribution in [0.4, 0.5) is 10.1 Å². The number of alkyl halides is 1. The second kappa shape index (κ2) is 11.7. The third-order valence-electron chi connectivity index (χ3n) is 2.54. The van der Waals surface area contributed by atoms with E-state index in [2.05, 4.69) is 18.2 Å². The third-order valence-corrected chi connectivity index (χ3v) is 3.00. The van der Waals surface area contributed by atoms with Crippen molar-refractivity contribution in [1.82, 2.24) is 0 Å². The molecule has 0 radical (unpaired) electrons. The summed E-state index contributed by atoms with van der Waals surface area (Å²) in [5, 5.41) is 10.9. The van der Waals surface area contributed by atoms with Gasteiger partial charge in [-0.05, 0) is 19.4 Å². The molecule has 1 aromatic carbocycles. The Morgan fingerprint density at radius 1 is 1.52 bits per heavy atom. The number of hydrogen-bond acceptors (Lipinski definition) is 3. The first-order valence-electron chi connectivity index (χ1n) is 6.57. The second-order valence-corrected chi connectivity index (χ2v) is 4.56. The van der Waals surface area contributed by atoms with Gasteiger partial charge in [-0.25, -0.2) is 4.39 Å². The molecule has 1 rings (SSSR count). The van der Waals surface area contributed by atoms with Crippen molar-refractivity contribution in [1.29, 1.82) is 0 Å². The quantitative estimate of drug-likeness (QED) is 0.274. The summed E-state index contributed by atoms with van der Waals surface area (Å²) in [6, 6.07) is 3.20. The predicted octanol–water partition coefficient (Wildman–Crippen LogP) is 5.61. The van der Waals surface area contributed by atoms with Gasteiger partial charge in [-0.3, -0.25) is 10.1 Å². The van der Waals surface area contributed by atoms with E-state index >= 15 is 0 Å². The third kappa shape index (κ3) is 7.81. The highest BCUT2D eigenvalue weighted by atomic mass is 35.5. The van der Waals surface area contributed by atoms with Crippen LogP contribution in [-0.4, -0.2) is 17.4 Å². The Balaban J connectivity index is 0.00000232. The van der Waals surface area contributed by atoms with Crippen molar-refractivity contribution in [2.24, 2.45) is 0 Å². The van der Waals surface area contributed by atoms with E-state index in [-0.39, 0.29) is 11.4 Å². The van der Waals surface area contributed by atoms with Crippen LogP contribution in [0, 0.1) is 15.9 Å². The SMILES string of the molecule is C=C/C=C\C/C=C(/Cl)C(C)Oc1ccc([N+](=O)[O-])cc1F.CCl. The topological polar surface area (TPSA) is 52.4 Å². The van der Waals surface area contributed by atoms with Crippen molar-refractivity contribution in [3.8, 4) is 5.75 Å². The van der Waals surface area contributed by atoms with Gasteiger partial charge >= 0.3 is 0 Å². The Hall–Kier alpha value is -1.85. The molecule has 1 atom stereocenters. The summed E-state index contributed by atoms with van der Waals surface area (Å²) in [6.07, 6.45) is 8.53. The maximum Gasteiger partial charge on any atom is 0.272 e. The summed E-state index contributed by atoms with van der Waals surface area (Å²) in [7, 11) is 0. The lowest BCUT2D eigenvalue weighted by atomic mass is 10.2. The molecule has 1 aromatic rings. The Kier molecular flexibility index (Phi) is 10.7. The highest BCUT2D eigenvalue weighted by Gasteiger charge is 2.15. The fourth-order valence-corrected chi connectivity index (χ4v) is 1.60. The number of nitro groups is 1. The number of halogens is 3. The minimum Gasteiger partial charge on any atom is -0.482 e. The molecule has 0 spiro atoms. The first-order chi connectivity index (χ1) is 11.0. The molecule has 23 heavy (non-hydrogen) atoms. The molecule has 7 heteroatoms. The van der Waals surface area contributed by atoms with Gasteiger partial charge in [0.2, 0.25) is 0 Å². The zero-order valence-electron chi connectivity index (χ0n) is 12.8. The van der Waals surface area contributed by atoms with Crippen molar-refractivity contribution < 1.29 is 14.1 Å². The average molecular weight is 362 g/mol. The minimum atomic E-state index is -0.799. The first kappa shape index (κ1) is 21.1. The van der Waals surface area contributed by atoms with Gasteiger partial charge in [-0.15, -0.1) is 11.6 Å². The number of non-ortho nitro benzene ring substituents is 1. The fraction of sp³-hybridized carbons (Fsp3) is 0.250. The standard InChI is InChI=1S/C15H15ClFNO3.CH3Cl/c1-3-4-5-6-7-13(16)11(2)21-15-9-8-12(18(19)20)10-14(15)17;1-2/h3-5,7-11H,1,6H2,2H3;1H3/b5-4-,13-7+;. The van der Waals surface area contributed by atoms with Crippen LogP contribution in [0.3, 0.4) is 0 Å². The molecule has 0 saturated heterocycles. The van der Waals surface area contributed by atoms with Gasteiger partial charge in [0.05, 0.1) is 16.0 Å². The number of allylic oxidation sites excluding steroid dienone is 4. The van der Waals surface area contributed by atoms with Crippen LogP contribution in [-0.2, 0) is 0 Å². The molecule has 0 N–H and O–H groups in total. The average Bonchev–Trinajstić information content (AvgIpc) is 2.54. The van der Waals surface area contributed by atoms with E-state index in [1.54, 1.807) is 25.2 Å². The number of benzene rings is 1. The summed E-state index contributed by atoms with van der Waals surface area (Å²) >= 11 is 10.7. The molecule has 0 fully saturated rings.